The van der Waals surface area contributed by atoms with Gasteiger partial charge in [0.2, 0.25) is 0 Å². The Hall–Kier alpha value is -1.26. The number of aliphatic carboxylic acids is 1. The van der Waals surface area contributed by atoms with Crippen molar-refractivity contribution >= 4 is 12.0 Å². The summed E-state index contributed by atoms with van der Waals surface area (Å²) >= 11 is 0. The molecule has 2 amide bonds. The Morgan fingerprint density at radius 1 is 1.40 bits per heavy atom. The van der Waals surface area contributed by atoms with Crippen LogP contribution in [0.2, 0.25) is 0 Å². The topological polar surface area (TPSA) is 69.6 Å². The van der Waals surface area contributed by atoms with E-state index < -0.39 is 5.97 Å². The van der Waals surface area contributed by atoms with Crippen LogP contribution >= 0.6 is 0 Å². The summed E-state index contributed by atoms with van der Waals surface area (Å²) in [6.07, 6.45) is 3.13. The highest BCUT2D eigenvalue weighted by molar-refractivity contribution is 5.74. The summed E-state index contributed by atoms with van der Waals surface area (Å²) in [6, 6.07) is -0.0416. The fraction of sp³-hybridized carbons (Fsp3) is 0.867. The first kappa shape index (κ1) is 16.8. The summed E-state index contributed by atoms with van der Waals surface area (Å²) in [7, 11) is 0. The largest absolute Gasteiger partial charge is 0.481 e. The molecular weight excluding hydrogens is 256 g/mol. The third-order valence-electron chi connectivity index (χ3n) is 3.96. The lowest BCUT2D eigenvalue weighted by Crippen LogP contribution is -2.41. The second-order valence-corrected chi connectivity index (χ2v) is 6.29. The number of nitrogens with zero attached hydrogens (tertiary/aromatic N) is 1. The van der Waals surface area contributed by atoms with Gasteiger partial charge in [0.05, 0.1) is 0 Å². The van der Waals surface area contributed by atoms with Gasteiger partial charge in [0.15, 0.2) is 0 Å². The fourth-order valence-corrected chi connectivity index (χ4v) is 2.85. The molecule has 5 nitrogen and oxygen atoms in total. The van der Waals surface area contributed by atoms with Gasteiger partial charge in [-0.05, 0) is 30.6 Å². The van der Waals surface area contributed by atoms with Gasteiger partial charge >= 0.3 is 12.0 Å². The van der Waals surface area contributed by atoms with E-state index in [1.807, 2.05) is 4.90 Å². The molecule has 0 spiro atoms. The van der Waals surface area contributed by atoms with Crippen molar-refractivity contribution in [1.29, 1.82) is 0 Å². The maximum Gasteiger partial charge on any atom is 0.317 e. The van der Waals surface area contributed by atoms with Gasteiger partial charge in [0.25, 0.3) is 0 Å². The van der Waals surface area contributed by atoms with E-state index in [1.54, 1.807) is 0 Å². The molecule has 5 heteroatoms. The van der Waals surface area contributed by atoms with Crippen LogP contribution in [-0.4, -0.2) is 41.6 Å². The first-order valence-electron chi connectivity index (χ1n) is 7.66. The lowest BCUT2D eigenvalue weighted by molar-refractivity contribution is -0.138. The number of carboxylic acids is 1. The van der Waals surface area contributed by atoms with Crippen LogP contribution in [0, 0.1) is 17.8 Å². The van der Waals surface area contributed by atoms with Crippen molar-refractivity contribution in [3.8, 4) is 0 Å². The number of likely N-dealkylation sites (tertiary alicyclic amines) is 1. The van der Waals surface area contributed by atoms with Crippen LogP contribution in [0.3, 0.4) is 0 Å². The molecule has 2 atom stereocenters. The minimum atomic E-state index is -0.794. The molecule has 0 aromatic heterocycles. The molecule has 2 N–H and O–H groups in total. The van der Waals surface area contributed by atoms with Crippen molar-refractivity contribution in [3.63, 3.8) is 0 Å². The normalized spacial score (nSPS) is 20.2. The highest BCUT2D eigenvalue weighted by atomic mass is 16.4. The van der Waals surface area contributed by atoms with Crippen LogP contribution in [0.4, 0.5) is 4.79 Å². The van der Waals surface area contributed by atoms with E-state index in [0.29, 0.717) is 18.4 Å². The number of urea groups is 1. The van der Waals surface area contributed by atoms with E-state index >= 15 is 0 Å². The highest BCUT2D eigenvalue weighted by Gasteiger charge is 2.25. The standard InChI is InChI=1S/C15H28N2O3/c1-4-12-5-6-17(10-12)15(20)16-9-13(7-11(2)3)8-14(18)19/h11-13H,4-10H2,1-3H3,(H,16,20)(H,18,19)/t12?,13-/m0/s1. The van der Waals surface area contributed by atoms with Crippen molar-refractivity contribution in [2.45, 2.75) is 46.5 Å². The van der Waals surface area contributed by atoms with Crippen molar-refractivity contribution in [3.05, 3.63) is 0 Å². The second kappa shape index (κ2) is 8.12. The van der Waals surface area contributed by atoms with E-state index in [2.05, 4.69) is 26.1 Å². The molecule has 116 valence electrons. The molecular formula is C15H28N2O3. The molecule has 1 saturated heterocycles. The first-order valence-corrected chi connectivity index (χ1v) is 7.66. The number of carboxylic acid groups (broad SMARTS) is 1. The molecule has 1 aliphatic rings. The van der Waals surface area contributed by atoms with E-state index in [9.17, 15) is 9.59 Å². The predicted octanol–water partition coefficient (Wildman–Crippen LogP) is 2.56. The van der Waals surface area contributed by atoms with Gasteiger partial charge in [-0.25, -0.2) is 4.79 Å². The smallest absolute Gasteiger partial charge is 0.317 e. The number of hydrogen-bond donors (Lipinski definition) is 2. The molecule has 1 aliphatic heterocycles. The number of carbonyl (C=O) groups excluding carboxylic acids is 1. The van der Waals surface area contributed by atoms with Crippen LogP contribution < -0.4 is 5.32 Å². The molecule has 20 heavy (non-hydrogen) atoms. The second-order valence-electron chi connectivity index (χ2n) is 6.29. The third kappa shape index (κ3) is 5.80. The minimum Gasteiger partial charge on any atom is -0.481 e. The molecule has 1 heterocycles. The van der Waals surface area contributed by atoms with Gasteiger partial charge < -0.3 is 15.3 Å². The SMILES string of the molecule is CCC1CCN(C(=O)NC[C@H](CC(=O)O)CC(C)C)C1. The van der Waals surface area contributed by atoms with Crippen LogP contribution in [-0.2, 0) is 4.79 Å². The predicted molar refractivity (Wildman–Crippen MR) is 78.6 cm³/mol. The Labute approximate surface area is 121 Å². The summed E-state index contributed by atoms with van der Waals surface area (Å²) in [5, 5.41) is 11.8. The Morgan fingerprint density at radius 3 is 2.60 bits per heavy atom. The van der Waals surface area contributed by atoms with Gasteiger partial charge in [0.1, 0.15) is 0 Å². The Bertz CT molecular complexity index is 331. The molecule has 1 rings (SSSR count). The molecule has 0 bridgehead atoms. The number of carbonyl (C=O) groups is 2. The van der Waals surface area contributed by atoms with E-state index in [0.717, 1.165) is 32.4 Å². The molecule has 0 radical (unpaired) electrons. The number of nitrogens with one attached hydrogen (secondary N) is 1. The molecule has 1 fully saturated rings. The van der Waals surface area contributed by atoms with E-state index in [-0.39, 0.29) is 18.4 Å². The average molecular weight is 284 g/mol. The van der Waals surface area contributed by atoms with Gasteiger partial charge in [0, 0.05) is 26.1 Å². The lowest BCUT2D eigenvalue weighted by atomic mass is 9.94. The summed E-state index contributed by atoms with van der Waals surface area (Å²) in [4.78, 5) is 24.7. The van der Waals surface area contributed by atoms with Gasteiger partial charge in [-0.15, -0.1) is 0 Å². The maximum absolute atomic E-state index is 12.1. The van der Waals surface area contributed by atoms with Crippen LogP contribution in [0.1, 0.15) is 46.5 Å². The maximum atomic E-state index is 12.1. The summed E-state index contributed by atoms with van der Waals surface area (Å²) in [5.41, 5.74) is 0. The number of amides is 2. The summed E-state index contributed by atoms with van der Waals surface area (Å²) in [6.45, 7) is 8.40. The highest BCUT2D eigenvalue weighted by Crippen LogP contribution is 2.19. The van der Waals surface area contributed by atoms with Crippen LogP contribution in [0.5, 0.6) is 0 Å². The van der Waals surface area contributed by atoms with Crippen molar-refractivity contribution < 1.29 is 14.7 Å². The third-order valence-corrected chi connectivity index (χ3v) is 3.96. The number of hydrogen-bond acceptors (Lipinski definition) is 2. The Morgan fingerprint density at radius 2 is 2.10 bits per heavy atom. The monoisotopic (exact) mass is 284 g/mol. The first-order chi connectivity index (χ1) is 9.42. The lowest BCUT2D eigenvalue weighted by Gasteiger charge is -2.21. The Kier molecular flexibility index (Phi) is 6.82. The summed E-state index contributed by atoms with van der Waals surface area (Å²) in [5.74, 6) is 0.275. The zero-order valence-electron chi connectivity index (χ0n) is 12.9. The summed E-state index contributed by atoms with van der Waals surface area (Å²) < 4.78 is 0. The zero-order chi connectivity index (χ0) is 15.1. The van der Waals surface area contributed by atoms with Gasteiger partial charge in [-0.2, -0.15) is 0 Å². The quantitative estimate of drug-likeness (QED) is 0.755. The van der Waals surface area contributed by atoms with Crippen molar-refractivity contribution in [1.82, 2.24) is 10.2 Å². The molecule has 1 unspecified atom stereocenters. The number of rotatable bonds is 7. The zero-order valence-corrected chi connectivity index (χ0v) is 12.9. The molecule has 0 aromatic carbocycles. The fourth-order valence-electron chi connectivity index (χ4n) is 2.85. The van der Waals surface area contributed by atoms with Gasteiger partial charge in [-0.1, -0.05) is 27.2 Å². The van der Waals surface area contributed by atoms with E-state index in [1.165, 1.54) is 0 Å². The van der Waals surface area contributed by atoms with Crippen molar-refractivity contribution in [2.24, 2.45) is 17.8 Å². The van der Waals surface area contributed by atoms with E-state index in [4.69, 9.17) is 5.11 Å². The Balaban J connectivity index is 2.38. The van der Waals surface area contributed by atoms with Gasteiger partial charge in [-0.3, -0.25) is 4.79 Å². The average Bonchev–Trinajstić information content (AvgIpc) is 2.83. The van der Waals surface area contributed by atoms with Crippen molar-refractivity contribution in [2.75, 3.05) is 19.6 Å². The van der Waals surface area contributed by atoms with Crippen LogP contribution in [0.25, 0.3) is 0 Å². The van der Waals surface area contributed by atoms with Crippen LogP contribution in [0.15, 0.2) is 0 Å². The minimum absolute atomic E-state index is 0.0148. The molecule has 0 aromatic rings. The molecule has 0 aliphatic carbocycles. The molecule has 0 saturated carbocycles.